The van der Waals surface area contributed by atoms with Crippen LogP contribution in [0, 0.1) is 12.7 Å². The van der Waals surface area contributed by atoms with E-state index in [1.54, 1.807) is 12.1 Å². The number of nitrogens with zero attached hydrogens (tertiary/aromatic N) is 2. The molecular weight excluding hydrogens is 362 g/mol. The van der Waals surface area contributed by atoms with E-state index in [-0.39, 0.29) is 16.8 Å². The first-order chi connectivity index (χ1) is 12.7. The summed E-state index contributed by atoms with van der Waals surface area (Å²) in [5, 5.41) is 6.04. The van der Waals surface area contributed by atoms with Crippen molar-refractivity contribution >= 4 is 11.6 Å². The standard InChI is InChI=1S/C19H15F4N3O/c1-11-5-3-4-6-15(11)24-18(27)12-7-8-13(14(20)9-12)16-10-17(19(21,22)23)25-26(16)2/h3-10H,1-2H3,(H,24,27). The zero-order valence-electron chi connectivity index (χ0n) is 14.4. The molecule has 0 aliphatic carbocycles. The number of benzene rings is 2. The Kier molecular flexibility index (Phi) is 4.73. The lowest BCUT2D eigenvalue weighted by Crippen LogP contribution is -2.13. The Balaban J connectivity index is 1.89. The summed E-state index contributed by atoms with van der Waals surface area (Å²) in [4.78, 5) is 12.3. The maximum Gasteiger partial charge on any atom is 0.435 e. The van der Waals surface area contributed by atoms with Crippen molar-refractivity contribution in [2.24, 2.45) is 7.05 Å². The fraction of sp³-hybridized carbons (Fsp3) is 0.158. The summed E-state index contributed by atoms with van der Waals surface area (Å²) in [5.74, 6) is -1.33. The summed E-state index contributed by atoms with van der Waals surface area (Å²) in [6.45, 7) is 1.82. The van der Waals surface area contributed by atoms with Gasteiger partial charge >= 0.3 is 6.18 Å². The third-order valence-corrected chi connectivity index (χ3v) is 4.07. The minimum atomic E-state index is -4.63. The number of aromatic nitrogens is 2. The first-order valence-corrected chi connectivity index (χ1v) is 7.95. The predicted molar refractivity (Wildman–Crippen MR) is 92.7 cm³/mol. The van der Waals surface area contributed by atoms with Crippen molar-refractivity contribution in [2.75, 3.05) is 5.32 Å². The fourth-order valence-electron chi connectivity index (χ4n) is 2.63. The van der Waals surface area contributed by atoms with Gasteiger partial charge in [0.25, 0.3) is 5.91 Å². The molecule has 3 aromatic rings. The normalized spacial score (nSPS) is 11.5. The maximum atomic E-state index is 14.5. The van der Waals surface area contributed by atoms with Gasteiger partial charge in [-0.15, -0.1) is 0 Å². The average Bonchev–Trinajstić information content (AvgIpc) is 2.99. The van der Waals surface area contributed by atoms with Gasteiger partial charge in [0.2, 0.25) is 0 Å². The van der Waals surface area contributed by atoms with Gasteiger partial charge in [-0.3, -0.25) is 9.48 Å². The highest BCUT2D eigenvalue weighted by atomic mass is 19.4. The number of hydrogen-bond acceptors (Lipinski definition) is 2. The molecule has 0 spiro atoms. The first kappa shape index (κ1) is 18.6. The van der Waals surface area contributed by atoms with Crippen LogP contribution in [0.4, 0.5) is 23.2 Å². The second kappa shape index (κ2) is 6.86. The number of carbonyl (C=O) groups excluding carboxylic acids is 1. The summed E-state index contributed by atoms with van der Waals surface area (Å²) in [6, 6.07) is 11.5. The number of rotatable bonds is 3. The lowest BCUT2D eigenvalue weighted by molar-refractivity contribution is -0.141. The van der Waals surface area contributed by atoms with Crippen LogP contribution in [-0.2, 0) is 13.2 Å². The number of halogens is 4. The van der Waals surface area contributed by atoms with Crippen molar-refractivity contribution in [1.29, 1.82) is 0 Å². The van der Waals surface area contributed by atoms with E-state index in [1.807, 2.05) is 19.1 Å². The van der Waals surface area contributed by atoms with E-state index in [1.165, 1.54) is 19.2 Å². The van der Waals surface area contributed by atoms with E-state index in [0.717, 1.165) is 22.4 Å². The number of para-hydroxylation sites is 1. The summed E-state index contributed by atoms with van der Waals surface area (Å²) in [7, 11) is 1.29. The van der Waals surface area contributed by atoms with Crippen LogP contribution in [0.3, 0.4) is 0 Å². The van der Waals surface area contributed by atoms with Crippen molar-refractivity contribution in [2.45, 2.75) is 13.1 Å². The van der Waals surface area contributed by atoms with E-state index >= 15 is 0 Å². The Morgan fingerprint density at radius 2 is 1.81 bits per heavy atom. The van der Waals surface area contributed by atoms with Crippen molar-refractivity contribution < 1.29 is 22.4 Å². The minimum absolute atomic E-state index is 0.0364. The van der Waals surface area contributed by atoms with E-state index in [9.17, 15) is 22.4 Å². The predicted octanol–water partition coefficient (Wildman–Crippen LogP) is 4.81. The minimum Gasteiger partial charge on any atom is -0.322 e. The first-order valence-electron chi connectivity index (χ1n) is 7.95. The molecule has 0 unspecified atom stereocenters. The largest absolute Gasteiger partial charge is 0.435 e. The van der Waals surface area contributed by atoms with Gasteiger partial charge in [-0.05, 0) is 42.8 Å². The number of carbonyl (C=O) groups is 1. The van der Waals surface area contributed by atoms with Gasteiger partial charge in [-0.2, -0.15) is 18.3 Å². The van der Waals surface area contributed by atoms with Gasteiger partial charge in [-0.1, -0.05) is 18.2 Å². The smallest absolute Gasteiger partial charge is 0.322 e. The molecule has 0 saturated heterocycles. The molecule has 140 valence electrons. The van der Waals surface area contributed by atoms with Crippen molar-refractivity contribution in [3.8, 4) is 11.3 Å². The van der Waals surface area contributed by atoms with E-state index in [4.69, 9.17) is 0 Å². The number of aryl methyl sites for hydroxylation is 2. The lowest BCUT2D eigenvalue weighted by atomic mass is 10.1. The van der Waals surface area contributed by atoms with Gasteiger partial charge < -0.3 is 5.32 Å². The van der Waals surface area contributed by atoms with Crippen LogP contribution < -0.4 is 5.32 Å². The topological polar surface area (TPSA) is 46.9 Å². The van der Waals surface area contributed by atoms with Crippen molar-refractivity contribution in [3.05, 3.63) is 71.2 Å². The van der Waals surface area contributed by atoms with Gasteiger partial charge in [0.05, 0.1) is 5.69 Å². The summed E-state index contributed by atoms with van der Waals surface area (Å²) >= 11 is 0. The molecule has 1 amide bonds. The molecule has 0 radical (unpaired) electrons. The number of alkyl halides is 3. The summed E-state index contributed by atoms with van der Waals surface area (Å²) in [6.07, 6.45) is -4.63. The fourth-order valence-corrected chi connectivity index (χ4v) is 2.63. The van der Waals surface area contributed by atoms with Crippen LogP contribution in [0.5, 0.6) is 0 Å². The molecule has 0 fully saturated rings. The van der Waals surface area contributed by atoms with Crippen LogP contribution in [0.25, 0.3) is 11.3 Å². The molecule has 0 atom stereocenters. The Morgan fingerprint density at radius 1 is 1.11 bits per heavy atom. The van der Waals surface area contributed by atoms with Crippen molar-refractivity contribution in [1.82, 2.24) is 9.78 Å². The molecule has 0 aliphatic heterocycles. The van der Waals surface area contributed by atoms with Crippen LogP contribution in [0.2, 0.25) is 0 Å². The Labute approximate surface area is 152 Å². The number of anilines is 1. The molecule has 1 aromatic heterocycles. The van der Waals surface area contributed by atoms with Gasteiger partial charge in [0.15, 0.2) is 5.69 Å². The zero-order valence-corrected chi connectivity index (χ0v) is 14.4. The van der Waals surface area contributed by atoms with Crippen LogP contribution in [-0.4, -0.2) is 15.7 Å². The molecule has 3 rings (SSSR count). The van der Waals surface area contributed by atoms with Gasteiger partial charge in [0.1, 0.15) is 5.82 Å². The highest BCUT2D eigenvalue weighted by molar-refractivity contribution is 6.04. The van der Waals surface area contributed by atoms with E-state index < -0.39 is 23.6 Å². The Bertz CT molecular complexity index is 1010. The Hall–Kier alpha value is -3.16. The van der Waals surface area contributed by atoms with Gasteiger partial charge in [0, 0.05) is 23.9 Å². The summed E-state index contributed by atoms with van der Waals surface area (Å²) in [5.41, 5.74) is 0.267. The second-order valence-corrected chi connectivity index (χ2v) is 6.00. The third kappa shape index (κ3) is 3.84. The number of amides is 1. The number of nitrogens with one attached hydrogen (secondary N) is 1. The molecule has 4 nitrogen and oxygen atoms in total. The molecule has 2 aromatic carbocycles. The molecule has 27 heavy (non-hydrogen) atoms. The average molecular weight is 377 g/mol. The van der Waals surface area contributed by atoms with Crippen LogP contribution >= 0.6 is 0 Å². The Morgan fingerprint density at radius 3 is 2.41 bits per heavy atom. The summed E-state index contributed by atoms with van der Waals surface area (Å²) < 4.78 is 53.8. The quantitative estimate of drug-likeness (QED) is 0.666. The molecule has 0 aliphatic rings. The highest BCUT2D eigenvalue weighted by Gasteiger charge is 2.35. The molecule has 0 bridgehead atoms. The van der Waals surface area contributed by atoms with Crippen LogP contribution in [0.15, 0.2) is 48.5 Å². The third-order valence-electron chi connectivity index (χ3n) is 4.07. The van der Waals surface area contributed by atoms with Crippen LogP contribution in [0.1, 0.15) is 21.6 Å². The monoisotopic (exact) mass is 377 g/mol. The van der Waals surface area contributed by atoms with Gasteiger partial charge in [-0.25, -0.2) is 4.39 Å². The number of hydrogen-bond donors (Lipinski definition) is 1. The van der Waals surface area contributed by atoms with E-state index in [0.29, 0.717) is 5.69 Å². The lowest BCUT2D eigenvalue weighted by Gasteiger charge is -2.09. The highest BCUT2D eigenvalue weighted by Crippen LogP contribution is 2.32. The molecule has 0 saturated carbocycles. The van der Waals surface area contributed by atoms with E-state index in [2.05, 4.69) is 10.4 Å². The second-order valence-electron chi connectivity index (χ2n) is 6.00. The molecule has 1 N–H and O–H groups in total. The maximum absolute atomic E-state index is 14.5. The SMILES string of the molecule is Cc1ccccc1NC(=O)c1ccc(-c2cc(C(F)(F)F)nn2C)c(F)c1. The molecule has 1 heterocycles. The zero-order chi connectivity index (χ0) is 19.8. The van der Waals surface area contributed by atoms with Crippen molar-refractivity contribution in [3.63, 3.8) is 0 Å². The molecule has 8 heteroatoms. The molecular formula is C19H15F4N3O.